The number of ketones is 1. The molecule has 1 aromatic carbocycles. The number of hydrogen-bond acceptors (Lipinski definition) is 4. The molecule has 2 aromatic rings. The van der Waals surface area contributed by atoms with Gasteiger partial charge in [-0.25, -0.2) is 4.99 Å². The van der Waals surface area contributed by atoms with Crippen molar-refractivity contribution in [3.8, 4) is 0 Å². The van der Waals surface area contributed by atoms with Gasteiger partial charge in [0, 0.05) is 29.7 Å². The van der Waals surface area contributed by atoms with Crippen molar-refractivity contribution in [1.29, 1.82) is 0 Å². The van der Waals surface area contributed by atoms with E-state index in [-0.39, 0.29) is 11.8 Å². The number of carbonyl (C=O) groups excluding carboxylic acids is 1. The van der Waals surface area contributed by atoms with Gasteiger partial charge in [0.05, 0.1) is 12.8 Å². The molecule has 0 bridgehead atoms. The summed E-state index contributed by atoms with van der Waals surface area (Å²) in [4.78, 5) is 22.4. The molecule has 0 saturated heterocycles. The van der Waals surface area contributed by atoms with Crippen LogP contribution >= 0.6 is 0 Å². The van der Waals surface area contributed by atoms with Gasteiger partial charge in [-0.05, 0) is 25.3 Å². The Morgan fingerprint density at radius 2 is 2.08 bits per heavy atom. The lowest BCUT2D eigenvalue weighted by molar-refractivity contribution is -0.118. The number of nitrogens with one attached hydrogen (secondary N) is 1. The molecule has 0 saturated carbocycles. The molecule has 0 amide bonds. The molecule has 1 atom stereocenters. The quantitative estimate of drug-likeness (QED) is 0.900. The smallest absolute Gasteiger partial charge is 0.238 e. The number of aromatic nitrogens is 1. The fourth-order valence-corrected chi connectivity index (χ4v) is 3.55. The van der Waals surface area contributed by atoms with Crippen LogP contribution < -0.4 is 0 Å². The van der Waals surface area contributed by atoms with Crippen molar-refractivity contribution in [2.24, 2.45) is 10.9 Å². The number of hydrogen-bond donors (Lipinski definition) is 1. The number of likely N-dealkylation sites (N-methyl/N-ethyl adjacent to an activating group) is 1. The number of H-pyrrole nitrogens is 1. The maximum Gasteiger partial charge on any atom is 0.238 e. The van der Waals surface area contributed by atoms with Gasteiger partial charge in [0.2, 0.25) is 5.88 Å². The summed E-state index contributed by atoms with van der Waals surface area (Å²) in [7, 11) is 3.57. The SMILES string of the molecule is COC1=C(c2c[nH]c3ccccc23)N(C)C(C(C)=O)C(CC(C)C)=N1. The summed E-state index contributed by atoms with van der Waals surface area (Å²) in [6.45, 7) is 5.89. The number of carbonyl (C=O) groups is 1. The molecule has 3 rings (SSSR count). The zero-order valence-corrected chi connectivity index (χ0v) is 15.5. The van der Waals surface area contributed by atoms with E-state index in [2.05, 4.69) is 24.9 Å². The van der Waals surface area contributed by atoms with Crippen LogP contribution in [0.4, 0.5) is 0 Å². The molecule has 132 valence electrons. The fourth-order valence-electron chi connectivity index (χ4n) is 3.55. The molecule has 0 aliphatic carbocycles. The van der Waals surface area contributed by atoms with E-state index in [4.69, 9.17) is 9.73 Å². The molecular weight excluding hydrogens is 314 g/mol. The van der Waals surface area contributed by atoms with Crippen molar-refractivity contribution in [3.63, 3.8) is 0 Å². The number of benzene rings is 1. The molecule has 1 aromatic heterocycles. The second-order valence-electron chi connectivity index (χ2n) is 6.93. The number of fused-ring (bicyclic) bond motifs is 1. The van der Waals surface area contributed by atoms with Crippen LogP contribution in [0.15, 0.2) is 41.3 Å². The van der Waals surface area contributed by atoms with Crippen LogP contribution in [0.1, 0.15) is 32.8 Å². The molecule has 25 heavy (non-hydrogen) atoms. The Morgan fingerprint density at radius 1 is 1.36 bits per heavy atom. The molecule has 0 spiro atoms. The van der Waals surface area contributed by atoms with Crippen LogP contribution in [0.25, 0.3) is 16.6 Å². The number of nitrogens with zero attached hydrogens (tertiary/aromatic N) is 2. The number of aromatic amines is 1. The first-order valence-electron chi connectivity index (χ1n) is 8.59. The second-order valence-corrected chi connectivity index (χ2v) is 6.93. The van der Waals surface area contributed by atoms with E-state index in [1.165, 1.54) is 0 Å². The molecule has 1 aliphatic heterocycles. The van der Waals surface area contributed by atoms with E-state index < -0.39 is 0 Å². The predicted octanol–water partition coefficient (Wildman–Crippen LogP) is 3.83. The summed E-state index contributed by atoms with van der Waals surface area (Å²) < 4.78 is 5.61. The molecule has 1 unspecified atom stereocenters. The van der Waals surface area contributed by atoms with E-state index in [0.717, 1.165) is 34.3 Å². The number of Topliss-reactive ketones (excluding diaryl/α,β-unsaturated/α-hetero) is 1. The normalized spacial score (nSPS) is 18.1. The first kappa shape index (κ1) is 17.3. The maximum absolute atomic E-state index is 12.4. The zero-order chi connectivity index (χ0) is 18.1. The van der Waals surface area contributed by atoms with Gasteiger partial charge in [-0.15, -0.1) is 0 Å². The highest BCUT2D eigenvalue weighted by molar-refractivity contribution is 6.11. The summed E-state index contributed by atoms with van der Waals surface area (Å²) >= 11 is 0. The Hall–Kier alpha value is -2.56. The molecule has 5 heteroatoms. The van der Waals surface area contributed by atoms with Gasteiger partial charge in [-0.1, -0.05) is 32.0 Å². The fraction of sp³-hybridized carbons (Fsp3) is 0.400. The number of para-hydroxylation sites is 1. The average molecular weight is 339 g/mol. The topological polar surface area (TPSA) is 57.7 Å². The average Bonchev–Trinajstić information content (AvgIpc) is 2.97. The van der Waals surface area contributed by atoms with Crippen LogP contribution in [0.2, 0.25) is 0 Å². The molecular formula is C20H25N3O2. The number of methoxy groups -OCH3 is 1. The molecule has 5 nitrogen and oxygen atoms in total. The zero-order valence-electron chi connectivity index (χ0n) is 15.5. The van der Waals surface area contributed by atoms with Crippen molar-refractivity contribution < 1.29 is 9.53 Å². The standard InChI is InChI=1S/C20H25N3O2/c1-12(2)10-17-18(13(3)24)23(4)19(20(22-17)25-5)15-11-21-16-9-7-6-8-14(15)16/h6-9,11-12,18,21H,10H2,1-5H3. The third-order valence-electron chi connectivity index (χ3n) is 4.54. The van der Waals surface area contributed by atoms with Gasteiger partial charge in [0.1, 0.15) is 11.7 Å². The summed E-state index contributed by atoms with van der Waals surface area (Å²) in [5, 5.41) is 1.09. The van der Waals surface area contributed by atoms with Crippen molar-refractivity contribution in [1.82, 2.24) is 9.88 Å². The summed E-state index contributed by atoms with van der Waals surface area (Å²) in [6, 6.07) is 7.74. The highest BCUT2D eigenvalue weighted by Gasteiger charge is 2.35. The van der Waals surface area contributed by atoms with Gasteiger partial charge in [-0.2, -0.15) is 0 Å². The Labute approximate surface area is 148 Å². The Bertz CT molecular complexity index is 861. The largest absolute Gasteiger partial charge is 0.480 e. The van der Waals surface area contributed by atoms with E-state index in [0.29, 0.717) is 11.8 Å². The van der Waals surface area contributed by atoms with E-state index in [1.54, 1.807) is 14.0 Å². The third-order valence-corrected chi connectivity index (χ3v) is 4.54. The minimum Gasteiger partial charge on any atom is -0.480 e. The Balaban J connectivity index is 2.20. The van der Waals surface area contributed by atoms with Crippen LogP contribution in [-0.2, 0) is 9.53 Å². The van der Waals surface area contributed by atoms with Gasteiger partial charge in [-0.3, -0.25) is 4.79 Å². The Kier molecular flexibility index (Phi) is 4.66. The number of rotatable bonds is 5. The third kappa shape index (κ3) is 3.06. The summed E-state index contributed by atoms with van der Waals surface area (Å²) in [5.41, 5.74) is 3.75. The second kappa shape index (κ2) is 6.75. The Morgan fingerprint density at radius 3 is 2.72 bits per heavy atom. The first-order chi connectivity index (χ1) is 11.9. The van der Waals surface area contributed by atoms with E-state index in [1.807, 2.05) is 36.3 Å². The highest BCUT2D eigenvalue weighted by atomic mass is 16.5. The van der Waals surface area contributed by atoms with Gasteiger partial charge < -0.3 is 14.6 Å². The molecule has 1 N–H and O–H groups in total. The molecule has 0 fully saturated rings. The van der Waals surface area contributed by atoms with Crippen LogP contribution in [0.5, 0.6) is 0 Å². The van der Waals surface area contributed by atoms with Crippen molar-refractivity contribution in [2.75, 3.05) is 14.2 Å². The van der Waals surface area contributed by atoms with Crippen molar-refractivity contribution in [3.05, 3.63) is 41.9 Å². The summed E-state index contributed by atoms with van der Waals surface area (Å²) in [6.07, 6.45) is 2.72. The lowest BCUT2D eigenvalue weighted by Crippen LogP contribution is -2.45. The highest BCUT2D eigenvalue weighted by Crippen LogP contribution is 2.35. The monoisotopic (exact) mass is 339 g/mol. The van der Waals surface area contributed by atoms with Crippen LogP contribution in [0, 0.1) is 5.92 Å². The lowest BCUT2D eigenvalue weighted by Gasteiger charge is -2.35. The first-order valence-corrected chi connectivity index (χ1v) is 8.59. The maximum atomic E-state index is 12.4. The lowest BCUT2D eigenvalue weighted by atomic mass is 9.94. The summed E-state index contributed by atoms with van der Waals surface area (Å²) in [5.74, 6) is 1.07. The minimum absolute atomic E-state index is 0.0920. The minimum atomic E-state index is -0.357. The van der Waals surface area contributed by atoms with Gasteiger partial charge in [0.25, 0.3) is 0 Å². The predicted molar refractivity (Wildman–Crippen MR) is 101 cm³/mol. The van der Waals surface area contributed by atoms with Crippen molar-refractivity contribution >= 4 is 28.1 Å². The van der Waals surface area contributed by atoms with Gasteiger partial charge >= 0.3 is 0 Å². The van der Waals surface area contributed by atoms with Crippen LogP contribution in [0.3, 0.4) is 0 Å². The molecule has 1 aliphatic rings. The molecule has 0 radical (unpaired) electrons. The van der Waals surface area contributed by atoms with Crippen molar-refractivity contribution in [2.45, 2.75) is 33.2 Å². The molecule has 2 heterocycles. The number of aliphatic imine (C=N–C) groups is 1. The van der Waals surface area contributed by atoms with E-state index in [9.17, 15) is 4.79 Å². The van der Waals surface area contributed by atoms with Crippen LogP contribution in [-0.4, -0.2) is 41.6 Å². The number of ether oxygens (including phenoxy) is 1. The van der Waals surface area contributed by atoms with Gasteiger partial charge in [0.15, 0.2) is 5.78 Å². The van der Waals surface area contributed by atoms with E-state index >= 15 is 0 Å².